The Morgan fingerprint density at radius 1 is 1.23 bits per heavy atom. The topological polar surface area (TPSA) is 39.7 Å². The van der Waals surface area contributed by atoms with E-state index in [9.17, 15) is 0 Å². The molecule has 1 atom stereocenters. The first-order valence-electron chi connectivity index (χ1n) is 8.37. The zero-order valence-corrected chi connectivity index (χ0v) is 14.2. The summed E-state index contributed by atoms with van der Waals surface area (Å²) in [5.74, 6) is 2.16. The standard InChI is InChI=1S/C18H30N4/c1-15(17-7-5-4-6-8-17)13-20-18(19-2)21-14-16-9-11-22(3)12-10-16/h4-8,15-16H,9-14H2,1-3H3,(H2,19,20,21). The van der Waals surface area contributed by atoms with Gasteiger partial charge in [0, 0.05) is 20.1 Å². The third-order valence-electron chi connectivity index (χ3n) is 4.56. The Labute approximate surface area is 135 Å². The molecule has 1 saturated heterocycles. The van der Waals surface area contributed by atoms with Crippen molar-refractivity contribution in [2.24, 2.45) is 10.9 Å². The minimum Gasteiger partial charge on any atom is -0.356 e. The van der Waals surface area contributed by atoms with Crippen LogP contribution in [0.5, 0.6) is 0 Å². The van der Waals surface area contributed by atoms with Gasteiger partial charge >= 0.3 is 0 Å². The maximum absolute atomic E-state index is 4.34. The number of hydrogen-bond acceptors (Lipinski definition) is 2. The van der Waals surface area contributed by atoms with Crippen LogP contribution in [0.2, 0.25) is 0 Å². The van der Waals surface area contributed by atoms with E-state index in [0.29, 0.717) is 5.92 Å². The summed E-state index contributed by atoms with van der Waals surface area (Å²) in [5.41, 5.74) is 1.36. The van der Waals surface area contributed by atoms with Gasteiger partial charge in [-0.05, 0) is 50.4 Å². The molecule has 1 fully saturated rings. The number of likely N-dealkylation sites (tertiary alicyclic amines) is 1. The minimum atomic E-state index is 0.475. The third-order valence-corrected chi connectivity index (χ3v) is 4.56. The molecule has 0 amide bonds. The van der Waals surface area contributed by atoms with E-state index < -0.39 is 0 Å². The number of benzene rings is 1. The van der Waals surface area contributed by atoms with Crippen LogP contribution in [0.15, 0.2) is 35.3 Å². The van der Waals surface area contributed by atoms with Crippen molar-refractivity contribution in [3.63, 3.8) is 0 Å². The first kappa shape index (κ1) is 16.8. The fraction of sp³-hybridized carbons (Fsp3) is 0.611. The lowest BCUT2D eigenvalue weighted by Gasteiger charge is -2.29. The molecule has 1 aliphatic rings. The van der Waals surface area contributed by atoms with Crippen molar-refractivity contribution in [3.05, 3.63) is 35.9 Å². The molecule has 0 aromatic heterocycles. The van der Waals surface area contributed by atoms with Crippen LogP contribution in [0.3, 0.4) is 0 Å². The summed E-state index contributed by atoms with van der Waals surface area (Å²) in [4.78, 5) is 6.74. The minimum absolute atomic E-state index is 0.475. The molecule has 22 heavy (non-hydrogen) atoms. The molecule has 1 heterocycles. The van der Waals surface area contributed by atoms with Crippen molar-refractivity contribution in [2.75, 3.05) is 40.3 Å². The Bertz CT molecular complexity index is 449. The highest BCUT2D eigenvalue weighted by Crippen LogP contribution is 2.15. The van der Waals surface area contributed by atoms with E-state index in [1.54, 1.807) is 0 Å². The van der Waals surface area contributed by atoms with E-state index in [1.807, 2.05) is 7.05 Å². The van der Waals surface area contributed by atoms with Crippen LogP contribution in [-0.4, -0.2) is 51.1 Å². The lowest BCUT2D eigenvalue weighted by molar-refractivity contribution is 0.220. The van der Waals surface area contributed by atoms with E-state index in [0.717, 1.165) is 25.0 Å². The molecule has 0 spiro atoms. The quantitative estimate of drug-likeness (QED) is 0.647. The number of nitrogens with zero attached hydrogens (tertiary/aromatic N) is 2. The van der Waals surface area contributed by atoms with E-state index in [2.05, 4.69) is 64.8 Å². The van der Waals surface area contributed by atoms with Crippen LogP contribution in [0.25, 0.3) is 0 Å². The SMILES string of the molecule is CN=C(NCC1CCN(C)CC1)NCC(C)c1ccccc1. The van der Waals surface area contributed by atoms with Gasteiger partial charge in [0.1, 0.15) is 0 Å². The van der Waals surface area contributed by atoms with Crippen molar-refractivity contribution < 1.29 is 0 Å². The normalized spacial score (nSPS) is 19.0. The second-order valence-electron chi connectivity index (χ2n) is 6.39. The molecule has 122 valence electrons. The molecular weight excluding hydrogens is 272 g/mol. The molecule has 1 aromatic rings. The highest BCUT2D eigenvalue weighted by molar-refractivity contribution is 5.79. The third kappa shape index (κ3) is 5.34. The maximum atomic E-state index is 4.34. The van der Waals surface area contributed by atoms with Crippen molar-refractivity contribution in [1.82, 2.24) is 15.5 Å². The second kappa shape index (κ2) is 8.79. The van der Waals surface area contributed by atoms with Crippen molar-refractivity contribution >= 4 is 5.96 Å². The lowest BCUT2D eigenvalue weighted by Crippen LogP contribution is -2.43. The predicted molar refractivity (Wildman–Crippen MR) is 94.4 cm³/mol. The van der Waals surface area contributed by atoms with Gasteiger partial charge in [-0.3, -0.25) is 4.99 Å². The summed E-state index contributed by atoms with van der Waals surface area (Å²) in [6, 6.07) is 10.6. The van der Waals surface area contributed by atoms with Crippen molar-refractivity contribution in [1.29, 1.82) is 0 Å². The number of aliphatic imine (C=N–C) groups is 1. The number of piperidine rings is 1. The summed E-state index contributed by atoms with van der Waals surface area (Å²) in [6.45, 7) is 6.59. The lowest BCUT2D eigenvalue weighted by atomic mass is 9.97. The Balaban J connectivity index is 1.71. The van der Waals surface area contributed by atoms with Gasteiger partial charge in [0.25, 0.3) is 0 Å². The Morgan fingerprint density at radius 2 is 1.91 bits per heavy atom. The fourth-order valence-corrected chi connectivity index (χ4v) is 2.88. The highest BCUT2D eigenvalue weighted by atomic mass is 15.2. The molecule has 4 nitrogen and oxygen atoms in total. The molecule has 0 bridgehead atoms. The molecule has 0 saturated carbocycles. The average Bonchev–Trinajstić information content (AvgIpc) is 2.57. The van der Waals surface area contributed by atoms with Crippen LogP contribution >= 0.6 is 0 Å². The van der Waals surface area contributed by atoms with Crippen LogP contribution < -0.4 is 10.6 Å². The van der Waals surface area contributed by atoms with Gasteiger partial charge < -0.3 is 15.5 Å². The number of rotatable bonds is 5. The van der Waals surface area contributed by atoms with Crippen LogP contribution in [0, 0.1) is 5.92 Å². The smallest absolute Gasteiger partial charge is 0.191 e. The molecule has 4 heteroatoms. The summed E-state index contributed by atoms with van der Waals surface area (Å²) in [6.07, 6.45) is 2.56. The molecular formula is C18H30N4. The van der Waals surface area contributed by atoms with Crippen molar-refractivity contribution in [2.45, 2.75) is 25.7 Å². The summed E-state index contributed by atoms with van der Waals surface area (Å²) in [7, 11) is 4.05. The molecule has 2 N–H and O–H groups in total. The van der Waals surface area contributed by atoms with Gasteiger partial charge in [-0.1, -0.05) is 37.3 Å². The summed E-state index contributed by atoms with van der Waals surface area (Å²) in [5, 5.41) is 6.93. The Morgan fingerprint density at radius 3 is 2.55 bits per heavy atom. The molecule has 0 aliphatic carbocycles. The van der Waals surface area contributed by atoms with Crippen LogP contribution in [0.4, 0.5) is 0 Å². The monoisotopic (exact) mass is 302 g/mol. The molecule has 2 rings (SSSR count). The van der Waals surface area contributed by atoms with E-state index in [-0.39, 0.29) is 0 Å². The Hall–Kier alpha value is -1.55. The molecule has 1 aromatic carbocycles. The first-order valence-corrected chi connectivity index (χ1v) is 8.37. The van der Waals surface area contributed by atoms with E-state index in [1.165, 1.54) is 31.5 Å². The zero-order valence-electron chi connectivity index (χ0n) is 14.2. The maximum Gasteiger partial charge on any atom is 0.191 e. The number of guanidine groups is 1. The van der Waals surface area contributed by atoms with Gasteiger partial charge in [0.15, 0.2) is 5.96 Å². The van der Waals surface area contributed by atoms with Gasteiger partial charge in [0.2, 0.25) is 0 Å². The number of hydrogen-bond donors (Lipinski definition) is 2. The number of nitrogens with one attached hydrogen (secondary N) is 2. The van der Waals surface area contributed by atoms with Gasteiger partial charge in [0.05, 0.1) is 0 Å². The summed E-state index contributed by atoms with van der Waals surface area (Å²) >= 11 is 0. The van der Waals surface area contributed by atoms with Crippen LogP contribution in [-0.2, 0) is 0 Å². The summed E-state index contributed by atoms with van der Waals surface area (Å²) < 4.78 is 0. The molecule has 1 unspecified atom stereocenters. The zero-order chi connectivity index (χ0) is 15.8. The fourth-order valence-electron chi connectivity index (χ4n) is 2.88. The Kier molecular flexibility index (Phi) is 6.72. The molecule has 0 radical (unpaired) electrons. The van der Waals surface area contributed by atoms with Gasteiger partial charge in [-0.15, -0.1) is 0 Å². The highest BCUT2D eigenvalue weighted by Gasteiger charge is 2.16. The average molecular weight is 302 g/mol. The first-order chi connectivity index (χ1) is 10.7. The van der Waals surface area contributed by atoms with Gasteiger partial charge in [-0.2, -0.15) is 0 Å². The second-order valence-corrected chi connectivity index (χ2v) is 6.39. The van der Waals surface area contributed by atoms with Crippen molar-refractivity contribution in [3.8, 4) is 0 Å². The van der Waals surface area contributed by atoms with E-state index >= 15 is 0 Å². The molecule has 1 aliphatic heterocycles. The van der Waals surface area contributed by atoms with Crippen LogP contribution in [0.1, 0.15) is 31.2 Å². The van der Waals surface area contributed by atoms with E-state index in [4.69, 9.17) is 0 Å². The largest absolute Gasteiger partial charge is 0.356 e. The predicted octanol–water partition coefficient (Wildman–Crippen LogP) is 2.30. The van der Waals surface area contributed by atoms with Gasteiger partial charge in [-0.25, -0.2) is 0 Å².